The molecule has 0 unspecified atom stereocenters. The van der Waals surface area contributed by atoms with Crippen LogP contribution in [0.25, 0.3) is 0 Å². The van der Waals surface area contributed by atoms with Crippen molar-refractivity contribution in [1.29, 1.82) is 0 Å². The third-order valence-corrected chi connectivity index (χ3v) is 2.60. The van der Waals surface area contributed by atoms with E-state index >= 15 is 0 Å². The van der Waals surface area contributed by atoms with Crippen molar-refractivity contribution in [1.82, 2.24) is 4.90 Å². The monoisotopic (exact) mass is 243 g/mol. The van der Waals surface area contributed by atoms with E-state index in [4.69, 9.17) is 16.0 Å². The third-order valence-electron chi connectivity index (χ3n) is 2.43. The van der Waals surface area contributed by atoms with E-state index in [1.54, 1.807) is 11.2 Å². The second kappa shape index (κ2) is 6.59. The van der Waals surface area contributed by atoms with E-state index in [1.165, 1.54) is 0 Å². The van der Waals surface area contributed by atoms with Crippen LogP contribution in [0.3, 0.4) is 0 Å². The molecule has 1 aromatic rings. The van der Waals surface area contributed by atoms with Gasteiger partial charge < -0.3 is 9.32 Å². The van der Waals surface area contributed by atoms with E-state index < -0.39 is 0 Å². The van der Waals surface area contributed by atoms with E-state index in [2.05, 4.69) is 0 Å². The van der Waals surface area contributed by atoms with Crippen LogP contribution < -0.4 is 0 Å². The molecule has 0 aliphatic heterocycles. The van der Waals surface area contributed by atoms with E-state index in [1.807, 2.05) is 26.0 Å². The summed E-state index contributed by atoms with van der Waals surface area (Å²) >= 11 is 5.67. The number of furan rings is 1. The predicted molar refractivity (Wildman–Crippen MR) is 64.6 cm³/mol. The lowest BCUT2D eigenvalue weighted by atomic mass is 10.2. The number of rotatable bonds is 6. The van der Waals surface area contributed by atoms with Gasteiger partial charge in [-0.05, 0) is 26.0 Å². The van der Waals surface area contributed by atoms with Gasteiger partial charge in [0.2, 0.25) is 5.91 Å². The molecule has 0 atom stereocenters. The molecule has 0 saturated heterocycles. The zero-order chi connectivity index (χ0) is 12.0. The Bertz CT molecular complexity index is 309. The lowest BCUT2D eigenvalue weighted by Crippen LogP contribution is -2.38. The molecule has 1 heterocycles. The van der Waals surface area contributed by atoms with Gasteiger partial charge >= 0.3 is 0 Å². The first-order valence-electron chi connectivity index (χ1n) is 5.53. The molecule has 0 aromatic carbocycles. The van der Waals surface area contributed by atoms with Gasteiger partial charge in [-0.3, -0.25) is 4.79 Å². The van der Waals surface area contributed by atoms with Crippen LogP contribution in [0, 0.1) is 0 Å². The quantitative estimate of drug-likeness (QED) is 0.720. The standard InChI is InChI=1S/C12H18ClNO2/c1-10(2)14(8-7-13)12(15)6-5-11-4-3-9-16-11/h3-4,9-10H,5-8H2,1-2H3. The summed E-state index contributed by atoms with van der Waals surface area (Å²) in [4.78, 5) is 13.7. The average Bonchev–Trinajstić information content (AvgIpc) is 2.75. The van der Waals surface area contributed by atoms with Crippen molar-refractivity contribution in [3.8, 4) is 0 Å². The Labute approximate surface area is 101 Å². The van der Waals surface area contributed by atoms with Crippen LogP contribution in [0.2, 0.25) is 0 Å². The first-order chi connectivity index (χ1) is 7.65. The number of halogens is 1. The molecule has 0 radical (unpaired) electrons. The van der Waals surface area contributed by atoms with Crippen LogP contribution in [0.4, 0.5) is 0 Å². The summed E-state index contributed by atoms with van der Waals surface area (Å²) in [6.07, 6.45) is 2.75. The van der Waals surface area contributed by atoms with Gasteiger partial charge in [0.15, 0.2) is 0 Å². The molecule has 0 spiro atoms. The van der Waals surface area contributed by atoms with Crippen molar-refractivity contribution in [3.63, 3.8) is 0 Å². The average molecular weight is 244 g/mol. The molecule has 0 bridgehead atoms. The predicted octanol–water partition coefficient (Wildman–Crippen LogP) is 2.69. The Hall–Kier alpha value is -0.960. The SMILES string of the molecule is CC(C)N(CCCl)C(=O)CCc1ccco1. The molecule has 1 aromatic heterocycles. The van der Waals surface area contributed by atoms with Crippen molar-refractivity contribution in [2.24, 2.45) is 0 Å². The van der Waals surface area contributed by atoms with Gasteiger partial charge in [0.05, 0.1) is 6.26 Å². The summed E-state index contributed by atoms with van der Waals surface area (Å²) in [6.45, 7) is 4.60. The second-order valence-corrected chi connectivity index (χ2v) is 4.33. The number of hydrogen-bond donors (Lipinski definition) is 0. The Balaban J connectivity index is 2.43. The fraction of sp³-hybridized carbons (Fsp3) is 0.583. The lowest BCUT2D eigenvalue weighted by Gasteiger charge is -2.25. The number of hydrogen-bond acceptors (Lipinski definition) is 2. The van der Waals surface area contributed by atoms with Crippen LogP contribution in [0.15, 0.2) is 22.8 Å². The summed E-state index contributed by atoms with van der Waals surface area (Å²) in [7, 11) is 0. The number of amides is 1. The van der Waals surface area contributed by atoms with Gasteiger partial charge in [0.1, 0.15) is 5.76 Å². The first kappa shape index (κ1) is 13.1. The van der Waals surface area contributed by atoms with E-state index in [-0.39, 0.29) is 11.9 Å². The van der Waals surface area contributed by atoms with Crippen molar-refractivity contribution in [2.75, 3.05) is 12.4 Å². The van der Waals surface area contributed by atoms with Gasteiger partial charge in [0.25, 0.3) is 0 Å². The number of alkyl halides is 1. The van der Waals surface area contributed by atoms with Crippen LogP contribution in [0.1, 0.15) is 26.0 Å². The Kier molecular flexibility index (Phi) is 5.39. The largest absolute Gasteiger partial charge is 0.469 e. The third kappa shape index (κ3) is 3.89. The van der Waals surface area contributed by atoms with Crippen LogP contribution in [0.5, 0.6) is 0 Å². The van der Waals surface area contributed by atoms with Crippen LogP contribution in [-0.4, -0.2) is 29.3 Å². The minimum Gasteiger partial charge on any atom is -0.469 e. The number of carbonyl (C=O) groups excluding carboxylic acids is 1. The zero-order valence-electron chi connectivity index (χ0n) is 9.78. The molecular weight excluding hydrogens is 226 g/mol. The number of aryl methyl sites for hydroxylation is 1. The maximum atomic E-state index is 11.9. The zero-order valence-corrected chi connectivity index (χ0v) is 10.5. The van der Waals surface area contributed by atoms with Crippen LogP contribution >= 0.6 is 11.6 Å². The van der Waals surface area contributed by atoms with E-state index in [9.17, 15) is 4.79 Å². The summed E-state index contributed by atoms with van der Waals surface area (Å²) in [5, 5.41) is 0. The fourth-order valence-corrected chi connectivity index (χ4v) is 1.77. The van der Waals surface area contributed by atoms with Crippen LogP contribution in [-0.2, 0) is 11.2 Å². The van der Waals surface area contributed by atoms with Crippen molar-refractivity contribution in [2.45, 2.75) is 32.7 Å². The highest BCUT2D eigenvalue weighted by Gasteiger charge is 2.16. The molecule has 0 aliphatic rings. The summed E-state index contributed by atoms with van der Waals surface area (Å²) in [6, 6.07) is 3.91. The van der Waals surface area contributed by atoms with Gasteiger partial charge in [0, 0.05) is 31.3 Å². The minimum atomic E-state index is 0.132. The highest BCUT2D eigenvalue weighted by atomic mass is 35.5. The lowest BCUT2D eigenvalue weighted by molar-refractivity contribution is -0.132. The molecule has 0 N–H and O–H groups in total. The van der Waals surface area contributed by atoms with Gasteiger partial charge in [-0.25, -0.2) is 0 Å². The molecule has 16 heavy (non-hydrogen) atoms. The second-order valence-electron chi connectivity index (χ2n) is 3.95. The Morgan fingerprint density at radius 2 is 2.31 bits per heavy atom. The maximum Gasteiger partial charge on any atom is 0.223 e. The molecule has 0 aliphatic carbocycles. The molecule has 0 saturated carbocycles. The van der Waals surface area contributed by atoms with Crippen molar-refractivity contribution < 1.29 is 9.21 Å². The smallest absolute Gasteiger partial charge is 0.223 e. The minimum absolute atomic E-state index is 0.132. The molecule has 0 fully saturated rings. The van der Waals surface area contributed by atoms with Crippen molar-refractivity contribution in [3.05, 3.63) is 24.2 Å². The van der Waals surface area contributed by atoms with Gasteiger partial charge in [-0.1, -0.05) is 0 Å². The summed E-state index contributed by atoms with van der Waals surface area (Å²) in [5.41, 5.74) is 0. The topological polar surface area (TPSA) is 33.5 Å². The number of carbonyl (C=O) groups is 1. The summed E-state index contributed by atoms with van der Waals surface area (Å²) in [5.74, 6) is 1.46. The molecule has 90 valence electrons. The highest BCUT2D eigenvalue weighted by Crippen LogP contribution is 2.08. The molecular formula is C12H18ClNO2. The molecule has 4 heteroatoms. The fourth-order valence-electron chi connectivity index (χ4n) is 1.59. The highest BCUT2D eigenvalue weighted by molar-refractivity contribution is 6.18. The normalized spacial score (nSPS) is 10.8. The Morgan fingerprint density at radius 1 is 1.56 bits per heavy atom. The number of nitrogens with zero attached hydrogens (tertiary/aromatic N) is 1. The summed E-state index contributed by atoms with van der Waals surface area (Å²) < 4.78 is 5.19. The molecule has 1 rings (SSSR count). The molecule has 3 nitrogen and oxygen atoms in total. The van der Waals surface area contributed by atoms with Gasteiger partial charge in [-0.2, -0.15) is 0 Å². The first-order valence-corrected chi connectivity index (χ1v) is 6.06. The van der Waals surface area contributed by atoms with E-state index in [0.29, 0.717) is 25.3 Å². The van der Waals surface area contributed by atoms with E-state index in [0.717, 1.165) is 5.76 Å². The maximum absolute atomic E-state index is 11.9. The Morgan fingerprint density at radius 3 is 2.81 bits per heavy atom. The van der Waals surface area contributed by atoms with Gasteiger partial charge in [-0.15, -0.1) is 11.6 Å². The molecule has 1 amide bonds. The van der Waals surface area contributed by atoms with Crippen molar-refractivity contribution >= 4 is 17.5 Å².